The van der Waals surface area contributed by atoms with Crippen LogP contribution in [0.15, 0.2) is 22.6 Å². The van der Waals surface area contributed by atoms with Gasteiger partial charge in [-0.15, -0.1) is 11.3 Å². The van der Waals surface area contributed by atoms with Crippen LogP contribution in [0.5, 0.6) is 0 Å². The lowest BCUT2D eigenvalue weighted by molar-refractivity contribution is 0.0522. The molecule has 0 aromatic carbocycles. The Hall–Kier alpha value is -2.15. The number of nitrogens with zero attached hydrogens (tertiary/aromatic N) is 3. The van der Waals surface area contributed by atoms with Crippen LogP contribution < -0.4 is 5.56 Å². The van der Waals surface area contributed by atoms with Gasteiger partial charge >= 0.3 is 5.97 Å². The van der Waals surface area contributed by atoms with Crippen molar-refractivity contribution in [2.75, 3.05) is 6.61 Å². The Morgan fingerprint density at radius 3 is 3.05 bits per heavy atom. The molecular weight excluding hydrogens is 266 g/mol. The van der Waals surface area contributed by atoms with Crippen molar-refractivity contribution >= 4 is 33.2 Å². The number of fused-ring (bicyclic) bond motifs is 3. The molecule has 3 aromatic rings. The van der Waals surface area contributed by atoms with E-state index in [1.807, 2.05) is 5.38 Å². The first-order valence-electron chi connectivity index (χ1n) is 5.75. The predicted molar refractivity (Wildman–Crippen MR) is 71.8 cm³/mol. The number of imidazole rings is 1. The second-order valence-electron chi connectivity index (χ2n) is 4.01. The van der Waals surface area contributed by atoms with Crippen molar-refractivity contribution in [1.29, 1.82) is 0 Å². The molecule has 0 amide bonds. The molecule has 98 valence electrons. The Labute approximate surface area is 111 Å². The minimum absolute atomic E-state index is 0.144. The Morgan fingerprint density at radius 1 is 1.53 bits per heavy atom. The second-order valence-corrected chi connectivity index (χ2v) is 4.91. The van der Waals surface area contributed by atoms with Crippen LogP contribution in [0.2, 0.25) is 0 Å². The summed E-state index contributed by atoms with van der Waals surface area (Å²) in [7, 11) is 1.62. The van der Waals surface area contributed by atoms with Crippen molar-refractivity contribution in [2.24, 2.45) is 7.05 Å². The van der Waals surface area contributed by atoms with E-state index in [0.717, 1.165) is 4.83 Å². The fraction of sp³-hybridized carbons (Fsp3) is 0.250. The van der Waals surface area contributed by atoms with Gasteiger partial charge in [-0.3, -0.25) is 13.8 Å². The molecule has 0 saturated carbocycles. The smallest absolute Gasteiger partial charge is 0.360 e. The molecule has 7 heteroatoms. The van der Waals surface area contributed by atoms with Crippen molar-refractivity contribution in [3.63, 3.8) is 0 Å². The number of esters is 1. The average molecular weight is 277 g/mol. The molecule has 3 rings (SSSR count). The van der Waals surface area contributed by atoms with Crippen LogP contribution in [-0.2, 0) is 11.8 Å². The molecule has 0 spiro atoms. The molecular formula is C12H11N3O3S. The molecule has 0 saturated heterocycles. The van der Waals surface area contributed by atoms with Gasteiger partial charge < -0.3 is 4.74 Å². The first-order valence-corrected chi connectivity index (χ1v) is 6.63. The van der Waals surface area contributed by atoms with Crippen LogP contribution in [0.1, 0.15) is 17.4 Å². The topological polar surface area (TPSA) is 65.6 Å². The summed E-state index contributed by atoms with van der Waals surface area (Å²) in [4.78, 5) is 28.9. The highest BCUT2D eigenvalue weighted by molar-refractivity contribution is 7.16. The van der Waals surface area contributed by atoms with Crippen LogP contribution in [0.4, 0.5) is 0 Å². The summed E-state index contributed by atoms with van der Waals surface area (Å²) in [6.07, 6.45) is 1.54. The van der Waals surface area contributed by atoms with Gasteiger partial charge in [0.2, 0.25) is 0 Å². The van der Waals surface area contributed by atoms with Gasteiger partial charge in [-0.25, -0.2) is 9.78 Å². The number of ether oxygens (including phenoxy) is 1. The number of aryl methyl sites for hydroxylation is 1. The average Bonchev–Trinajstić information content (AvgIpc) is 3.02. The van der Waals surface area contributed by atoms with Crippen LogP contribution in [0, 0.1) is 0 Å². The minimum Gasteiger partial charge on any atom is -0.461 e. The number of hydrogen-bond donors (Lipinski definition) is 0. The third kappa shape index (κ3) is 1.58. The summed E-state index contributed by atoms with van der Waals surface area (Å²) in [6, 6.07) is 1.77. The Bertz CT molecular complexity index is 843. The standard InChI is InChI=1S/C12H11N3O3S/c1-3-18-12(17)8-9-14(2)10(16)7-4-5-19-11(7)15(9)6-13-8/h4-6H,3H2,1-2H3. The van der Waals surface area contributed by atoms with E-state index in [0.29, 0.717) is 11.0 Å². The third-order valence-electron chi connectivity index (χ3n) is 2.93. The number of aromatic nitrogens is 3. The molecule has 0 unspecified atom stereocenters. The van der Waals surface area contributed by atoms with E-state index < -0.39 is 5.97 Å². The molecule has 0 aliphatic heterocycles. The number of hydrogen-bond acceptors (Lipinski definition) is 5. The summed E-state index contributed by atoms with van der Waals surface area (Å²) < 4.78 is 8.12. The number of carbonyl (C=O) groups is 1. The third-order valence-corrected chi connectivity index (χ3v) is 3.84. The lowest BCUT2D eigenvalue weighted by atomic mass is 10.4. The van der Waals surface area contributed by atoms with Crippen molar-refractivity contribution in [2.45, 2.75) is 6.92 Å². The van der Waals surface area contributed by atoms with Gasteiger partial charge in [-0.05, 0) is 18.4 Å². The zero-order chi connectivity index (χ0) is 13.6. The highest BCUT2D eigenvalue weighted by atomic mass is 32.1. The fourth-order valence-electron chi connectivity index (χ4n) is 2.08. The lowest BCUT2D eigenvalue weighted by Gasteiger charge is -2.05. The highest BCUT2D eigenvalue weighted by Gasteiger charge is 2.20. The normalized spacial score (nSPS) is 11.3. The highest BCUT2D eigenvalue weighted by Crippen LogP contribution is 2.21. The van der Waals surface area contributed by atoms with Crippen molar-refractivity contribution < 1.29 is 9.53 Å². The zero-order valence-electron chi connectivity index (χ0n) is 10.4. The first-order chi connectivity index (χ1) is 9.15. The molecule has 0 fully saturated rings. The molecule has 3 heterocycles. The van der Waals surface area contributed by atoms with Crippen LogP contribution in [-0.4, -0.2) is 26.5 Å². The van der Waals surface area contributed by atoms with Crippen LogP contribution in [0.3, 0.4) is 0 Å². The van der Waals surface area contributed by atoms with E-state index in [9.17, 15) is 9.59 Å². The van der Waals surface area contributed by atoms with Gasteiger partial charge in [0.25, 0.3) is 5.56 Å². The summed E-state index contributed by atoms with van der Waals surface area (Å²) >= 11 is 1.44. The van der Waals surface area contributed by atoms with E-state index in [4.69, 9.17) is 4.74 Å². The number of rotatable bonds is 2. The summed E-state index contributed by atoms with van der Waals surface area (Å²) in [5, 5.41) is 2.46. The maximum Gasteiger partial charge on any atom is 0.360 e. The predicted octanol–water partition coefficient (Wildman–Crippen LogP) is 1.42. The Morgan fingerprint density at radius 2 is 2.32 bits per heavy atom. The Kier molecular flexibility index (Phi) is 2.63. The van der Waals surface area contributed by atoms with Gasteiger partial charge in [0.05, 0.1) is 12.0 Å². The van der Waals surface area contributed by atoms with Gasteiger partial charge in [0.15, 0.2) is 11.3 Å². The molecule has 19 heavy (non-hydrogen) atoms. The van der Waals surface area contributed by atoms with Gasteiger partial charge in [-0.1, -0.05) is 0 Å². The van der Waals surface area contributed by atoms with E-state index in [1.165, 1.54) is 15.9 Å². The molecule has 0 aliphatic carbocycles. The van der Waals surface area contributed by atoms with Gasteiger partial charge in [-0.2, -0.15) is 0 Å². The van der Waals surface area contributed by atoms with Crippen molar-refractivity contribution in [3.8, 4) is 0 Å². The summed E-state index contributed by atoms with van der Waals surface area (Å²) in [5.41, 5.74) is 0.477. The molecule has 0 N–H and O–H groups in total. The second kappa shape index (κ2) is 4.20. The maximum absolute atomic E-state index is 12.2. The largest absolute Gasteiger partial charge is 0.461 e. The van der Waals surface area contributed by atoms with E-state index in [-0.39, 0.29) is 17.9 Å². The van der Waals surface area contributed by atoms with Gasteiger partial charge in [0, 0.05) is 7.05 Å². The van der Waals surface area contributed by atoms with Crippen molar-refractivity contribution in [3.05, 3.63) is 33.8 Å². The Balaban J connectivity index is 2.43. The first kappa shape index (κ1) is 11.9. The minimum atomic E-state index is -0.518. The fourth-order valence-corrected chi connectivity index (χ4v) is 2.94. The lowest BCUT2D eigenvalue weighted by Crippen LogP contribution is -2.20. The van der Waals surface area contributed by atoms with Crippen molar-refractivity contribution in [1.82, 2.24) is 14.0 Å². The molecule has 3 aromatic heterocycles. The van der Waals surface area contributed by atoms with Crippen LogP contribution in [0.25, 0.3) is 15.9 Å². The molecule has 0 atom stereocenters. The molecule has 0 radical (unpaired) electrons. The zero-order valence-corrected chi connectivity index (χ0v) is 11.2. The number of thiophene rings is 1. The maximum atomic E-state index is 12.2. The summed E-state index contributed by atoms with van der Waals surface area (Å²) in [6.45, 7) is 2.00. The SMILES string of the molecule is CCOC(=O)c1ncn2c3sccc3c(=O)n(C)c12. The molecule has 6 nitrogen and oxygen atoms in total. The van der Waals surface area contributed by atoms with E-state index >= 15 is 0 Å². The summed E-state index contributed by atoms with van der Waals surface area (Å²) in [5.74, 6) is -0.518. The van der Waals surface area contributed by atoms with Crippen LogP contribution >= 0.6 is 11.3 Å². The molecule has 0 aliphatic rings. The monoisotopic (exact) mass is 277 g/mol. The van der Waals surface area contributed by atoms with Gasteiger partial charge in [0.1, 0.15) is 11.2 Å². The molecule has 0 bridgehead atoms. The van der Waals surface area contributed by atoms with E-state index in [2.05, 4.69) is 4.98 Å². The number of carbonyl (C=O) groups excluding carboxylic acids is 1. The quantitative estimate of drug-likeness (QED) is 0.665. The van der Waals surface area contributed by atoms with E-state index in [1.54, 1.807) is 30.8 Å².